The predicted molar refractivity (Wildman–Crippen MR) is 56.2 cm³/mol. The van der Waals surface area contributed by atoms with Crippen LogP contribution in [0.4, 0.5) is 0 Å². The molecule has 0 unspecified atom stereocenters. The largest absolute Gasteiger partial charge is 0.493 e. The summed E-state index contributed by atoms with van der Waals surface area (Å²) in [6, 6.07) is 5.04. The van der Waals surface area contributed by atoms with E-state index in [4.69, 9.17) is 9.47 Å². The fourth-order valence-electron chi connectivity index (χ4n) is 1.32. The normalized spacial score (nSPS) is 14.5. The second kappa shape index (κ2) is 5.00. The topological polar surface area (TPSA) is 58.9 Å². The molecule has 1 aromatic carbocycles. The van der Waals surface area contributed by atoms with Crippen LogP contribution in [0, 0.1) is 0 Å². The van der Waals surface area contributed by atoms with E-state index in [2.05, 4.69) is 0 Å². The summed E-state index contributed by atoms with van der Waals surface area (Å²) in [6.07, 6.45) is -1.73. The smallest absolute Gasteiger partial charge is 0.161 e. The molecule has 2 atom stereocenters. The molecule has 0 fully saturated rings. The molecule has 1 rings (SSSR count). The number of hydrogen-bond donors (Lipinski definition) is 2. The van der Waals surface area contributed by atoms with Gasteiger partial charge in [-0.25, -0.2) is 0 Å². The molecule has 2 N–H and O–H groups in total. The van der Waals surface area contributed by atoms with E-state index in [1.165, 1.54) is 14.0 Å². The lowest BCUT2D eigenvalue weighted by atomic mass is 10.1. The maximum Gasteiger partial charge on any atom is 0.161 e. The van der Waals surface area contributed by atoms with Gasteiger partial charge in [0.2, 0.25) is 0 Å². The standard InChI is InChI=1S/C11H16O4/c1-7(12)11(13)8-4-5-9(14-2)10(6-8)15-3/h4-7,11-13H,1-3H3/t7-,11-/m1/s1. The average Bonchev–Trinajstić information content (AvgIpc) is 2.26. The third-order valence-corrected chi connectivity index (χ3v) is 2.21. The molecule has 0 saturated carbocycles. The van der Waals surface area contributed by atoms with Crippen molar-refractivity contribution in [1.82, 2.24) is 0 Å². The summed E-state index contributed by atoms with van der Waals surface area (Å²) in [4.78, 5) is 0. The summed E-state index contributed by atoms with van der Waals surface area (Å²) in [5, 5.41) is 18.9. The highest BCUT2D eigenvalue weighted by Crippen LogP contribution is 2.30. The van der Waals surface area contributed by atoms with Gasteiger partial charge in [-0.2, -0.15) is 0 Å². The van der Waals surface area contributed by atoms with Gasteiger partial charge < -0.3 is 19.7 Å². The van der Waals surface area contributed by atoms with Crippen LogP contribution in [0.3, 0.4) is 0 Å². The molecule has 15 heavy (non-hydrogen) atoms. The van der Waals surface area contributed by atoms with Crippen molar-refractivity contribution >= 4 is 0 Å². The molecule has 4 heteroatoms. The van der Waals surface area contributed by atoms with E-state index in [1.54, 1.807) is 25.3 Å². The molecule has 0 bridgehead atoms. The highest BCUT2D eigenvalue weighted by Gasteiger charge is 2.15. The van der Waals surface area contributed by atoms with Crippen LogP contribution in [0.2, 0.25) is 0 Å². The first-order chi connectivity index (χ1) is 7.10. The van der Waals surface area contributed by atoms with Crippen LogP contribution in [0.15, 0.2) is 18.2 Å². The van der Waals surface area contributed by atoms with Crippen molar-refractivity contribution in [2.75, 3.05) is 14.2 Å². The number of ether oxygens (including phenoxy) is 2. The van der Waals surface area contributed by atoms with Gasteiger partial charge in [0.05, 0.1) is 20.3 Å². The SMILES string of the molecule is COc1ccc([C@H](O)[C@@H](C)O)cc1OC. The molecule has 84 valence electrons. The second-order valence-electron chi connectivity index (χ2n) is 3.30. The number of aliphatic hydroxyl groups excluding tert-OH is 2. The summed E-state index contributed by atoms with van der Waals surface area (Å²) >= 11 is 0. The summed E-state index contributed by atoms with van der Waals surface area (Å²) in [6.45, 7) is 1.53. The van der Waals surface area contributed by atoms with Crippen LogP contribution >= 0.6 is 0 Å². The third-order valence-electron chi connectivity index (χ3n) is 2.21. The maximum absolute atomic E-state index is 9.63. The number of rotatable bonds is 4. The highest BCUT2D eigenvalue weighted by atomic mass is 16.5. The maximum atomic E-state index is 9.63. The Morgan fingerprint density at radius 1 is 1.07 bits per heavy atom. The first-order valence-corrected chi connectivity index (χ1v) is 4.68. The Morgan fingerprint density at radius 2 is 1.67 bits per heavy atom. The fourth-order valence-corrected chi connectivity index (χ4v) is 1.32. The molecular weight excluding hydrogens is 196 g/mol. The van der Waals surface area contributed by atoms with E-state index in [1.807, 2.05) is 0 Å². The number of methoxy groups -OCH3 is 2. The van der Waals surface area contributed by atoms with Crippen molar-refractivity contribution in [3.63, 3.8) is 0 Å². The van der Waals surface area contributed by atoms with Crippen molar-refractivity contribution in [2.45, 2.75) is 19.1 Å². The minimum absolute atomic E-state index is 0.537. The van der Waals surface area contributed by atoms with E-state index in [0.29, 0.717) is 17.1 Å². The molecule has 0 aromatic heterocycles. The minimum atomic E-state index is -0.912. The summed E-state index contributed by atoms with van der Waals surface area (Å²) in [7, 11) is 3.07. The van der Waals surface area contributed by atoms with E-state index >= 15 is 0 Å². The summed E-state index contributed by atoms with van der Waals surface area (Å²) in [5.74, 6) is 1.13. The molecule has 0 saturated heterocycles. The minimum Gasteiger partial charge on any atom is -0.493 e. The Kier molecular flexibility index (Phi) is 3.94. The van der Waals surface area contributed by atoms with Crippen LogP contribution in [-0.2, 0) is 0 Å². The fraction of sp³-hybridized carbons (Fsp3) is 0.455. The Hall–Kier alpha value is -1.26. The zero-order valence-corrected chi connectivity index (χ0v) is 9.10. The lowest BCUT2D eigenvalue weighted by molar-refractivity contribution is 0.0304. The van der Waals surface area contributed by atoms with Crippen LogP contribution in [0.25, 0.3) is 0 Å². The van der Waals surface area contributed by atoms with Gasteiger partial charge in [-0.05, 0) is 24.6 Å². The molecular formula is C11H16O4. The molecule has 0 heterocycles. The number of benzene rings is 1. The quantitative estimate of drug-likeness (QED) is 0.785. The van der Waals surface area contributed by atoms with E-state index in [-0.39, 0.29) is 0 Å². The number of aliphatic hydroxyl groups is 2. The molecule has 0 amide bonds. The number of hydrogen-bond acceptors (Lipinski definition) is 4. The monoisotopic (exact) mass is 212 g/mol. The zero-order chi connectivity index (χ0) is 11.4. The van der Waals surface area contributed by atoms with Crippen molar-refractivity contribution in [1.29, 1.82) is 0 Å². The van der Waals surface area contributed by atoms with Crippen molar-refractivity contribution in [2.24, 2.45) is 0 Å². The van der Waals surface area contributed by atoms with Crippen molar-refractivity contribution in [3.05, 3.63) is 23.8 Å². The zero-order valence-electron chi connectivity index (χ0n) is 9.10. The van der Waals surface area contributed by atoms with Gasteiger partial charge in [0.15, 0.2) is 11.5 Å². The molecule has 1 aromatic rings. The molecule has 4 nitrogen and oxygen atoms in total. The lowest BCUT2D eigenvalue weighted by Gasteiger charge is -2.16. The highest BCUT2D eigenvalue weighted by molar-refractivity contribution is 5.43. The van der Waals surface area contributed by atoms with Crippen LogP contribution in [-0.4, -0.2) is 30.5 Å². The lowest BCUT2D eigenvalue weighted by Crippen LogP contribution is -2.13. The van der Waals surface area contributed by atoms with Crippen LogP contribution in [0.5, 0.6) is 11.5 Å². The van der Waals surface area contributed by atoms with Crippen LogP contribution < -0.4 is 9.47 Å². The summed E-state index contributed by atoms with van der Waals surface area (Å²) in [5.41, 5.74) is 0.600. The first-order valence-electron chi connectivity index (χ1n) is 4.68. The third kappa shape index (κ3) is 2.61. The van der Waals surface area contributed by atoms with Gasteiger partial charge in [0.25, 0.3) is 0 Å². The van der Waals surface area contributed by atoms with Crippen molar-refractivity contribution in [3.8, 4) is 11.5 Å². The van der Waals surface area contributed by atoms with Gasteiger partial charge in [0.1, 0.15) is 6.10 Å². The Bertz CT molecular complexity index is 322. The summed E-state index contributed by atoms with van der Waals surface area (Å²) < 4.78 is 10.2. The van der Waals surface area contributed by atoms with Gasteiger partial charge in [-0.15, -0.1) is 0 Å². The van der Waals surface area contributed by atoms with E-state index in [0.717, 1.165) is 0 Å². The van der Waals surface area contributed by atoms with Crippen molar-refractivity contribution < 1.29 is 19.7 Å². The van der Waals surface area contributed by atoms with Gasteiger partial charge in [-0.1, -0.05) is 6.07 Å². The van der Waals surface area contributed by atoms with Gasteiger partial charge in [-0.3, -0.25) is 0 Å². The van der Waals surface area contributed by atoms with Gasteiger partial charge in [0, 0.05) is 0 Å². The predicted octanol–water partition coefficient (Wildman–Crippen LogP) is 1.12. The molecule has 0 aliphatic heterocycles. The van der Waals surface area contributed by atoms with Gasteiger partial charge >= 0.3 is 0 Å². The molecule has 0 aliphatic rings. The van der Waals surface area contributed by atoms with E-state index in [9.17, 15) is 10.2 Å². The molecule has 0 aliphatic carbocycles. The van der Waals surface area contributed by atoms with Crippen LogP contribution in [0.1, 0.15) is 18.6 Å². The Morgan fingerprint density at radius 3 is 2.13 bits per heavy atom. The molecule has 0 spiro atoms. The Labute approximate surface area is 89.1 Å². The van der Waals surface area contributed by atoms with E-state index < -0.39 is 12.2 Å². The Balaban J connectivity index is 3.02. The first kappa shape index (κ1) is 11.8. The second-order valence-corrected chi connectivity index (χ2v) is 3.30. The average molecular weight is 212 g/mol. The molecule has 0 radical (unpaired) electrons.